The van der Waals surface area contributed by atoms with Crippen LogP contribution < -0.4 is 5.32 Å². The molecule has 1 aromatic heterocycles. The fourth-order valence-corrected chi connectivity index (χ4v) is 8.10. The second kappa shape index (κ2) is 14.1. The largest absolute Gasteiger partial charge is 0.456 e. The molecule has 55 heavy (non-hydrogen) atoms. The van der Waals surface area contributed by atoms with Gasteiger partial charge in [0.15, 0.2) is 5.84 Å². The zero-order chi connectivity index (χ0) is 36.0. The summed E-state index contributed by atoms with van der Waals surface area (Å²) >= 11 is 0. The number of hydrogen-bond donors (Lipinski definition) is 2. The van der Waals surface area contributed by atoms with Crippen molar-refractivity contribution in [1.82, 2.24) is 5.32 Å². The first-order chi connectivity index (χ1) is 26.7. The molecule has 0 saturated heterocycles. The average molecular weight is 710 g/mol. The average Bonchev–Trinajstić information content (AvgIpc) is 3.62. The molecule has 4 heteroatoms. The molecule has 0 bridgehead atoms. The van der Waals surface area contributed by atoms with E-state index in [1.807, 2.05) is 54.6 Å². The molecular formula is C51H39N3O. The number of furan rings is 1. The Kier molecular flexibility index (Phi) is 8.64. The van der Waals surface area contributed by atoms with Crippen LogP contribution in [0.5, 0.6) is 0 Å². The van der Waals surface area contributed by atoms with E-state index >= 15 is 0 Å². The smallest absolute Gasteiger partial charge is 0.154 e. The first-order valence-corrected chi connectivity index (χ1v) is 18.4. The third-order valence-electron chi connectivity index (χ3n) is 10.6. The van der Waals surface area contributed by atoms with Crippen LogP contribution in [0.1, 0.15) is 25.0 Å². The van der Waals surface area contributed by atoms with Crippen molar-refractivity contribution < 1.29 is 4.42 Å². The van der Waals surface area contributed by atoms with Gasteiger partial charge in [-0.3, -0.25) is 5.41 Å². The van der Waals surface area contributed by atoms with Crippen molar-refractivity contribution in [3.8, 4) is 44.5 Å². The topological polar surface area (TPSA) is 61.4 Å². The first kappa shape index (κ1) is 33.8. The van der Waals surface area contributed by atoms with Gasteiger partial charge in [0, 0.05) is 28.5 Å². The molecule has 2 N–H and O–H groups in total. The normalized spacial score (nSPS) is 13.1. The van der Waals surface area contributed by atoms with Crippen molar-refractivity contribution in [2.45, 2.75) is 20.4 Å². The lowest BCUT2D eigenvalue weighted by Crippen LogP contribution is -2.25. The number of nitrogens with zero attached hydrogens (tertiary/aromatic N) is 1. The number of amidine groups is 2. The Morgan fingerprint density at radius 3 is 2.13 bits per heavy atom. The summed E-state index contributed by atoms with van der Waals surface area (Å²) in [7, 11) is 0. The molecule has 1 heterocycles. The summed E-state index contributed by atoms with van der Waals surface area (Å²) in [5.41, 5.74) is 13.9. The lowest BCUT2D eigenvalue weighted by atomic mass is 9.92. The third-order valence-corrected chi connectivity index (χ3v) is 10.6. The van der Waals surface area contributed by atoms with Gasteiger partial charge in [0.2, 0.25) is 0 Å². The van der Waals surface area contributed by atoms with Crippen LogP contribution >= 0.6 is 0 Å². The van der Waals surface area contributed by atoms with Crippen molar-refractivity contribution in [2.24, 2.45) is 4.99 Å². The summed E-state index contributed by atoms with van der Waals surface area (Å²) in [6.07, 6.45) is 11.3. The second-order valence-corrected chi connectivity index (χ2v) is 13.8. The maximum absolute atomic E-state index is 9.39. The van der Waals surface area contributed by atoms with E-state index in [0.29, 0.717) is 12.4 Å². The SMILES string of the molecule is C.N=C(N=C(NCc1ccccc1)C1=CC=CCC=C1)c1ccccc1-c1cccc2oc3cc(-c4ccc5c6c(cccc46)-c4ccccc4-5)ccc3c12. The number of benzene rings is 7. The fourth-order valence-electron chi connectivity index (χ4n) is 8.10. The van der Waals surface area contributed by atoms with Gasteiger partial charge in [-0.2, -0.15) is 0 Å². The first-order valence-electron chi connectivity index (χ1n) is 18.4. The molecule has 0 saturated carbocycles. The molecule has 0 atom stereocenters. The zero-order valence-electron chi connectivity index (χ0n) is 29.5. The molecule has 7 aromatic carbocycles. The van der Waals surface area contributed by atoms with Crippen molar-refractivity contribution >= 4 is 44.4 Å². The Labute approximate surface area is 321 Å². The van der Waals surface area contributed by atoms with Gasteiger partial charge < -0.3 is 9.73 Å². The van der Waals surface area contributed by atoms with Gasteiger partial charge in [0.25, 0.3) is 0 Å². The Hall–Kier alpha value is -7.04. The van der Waals surface area contributed by atoms with Crippen molar-refractivity contribution in [2.75, 3.05) is 0 Å². The van der Waals surface area contributed by atoms with E-state index in [1.54, 1.807) is 0 Å². The third kappa shape index (κ3) is 5.89. The van der Waals surface area contributed by atoms with Gasteiger partial charge in [0.1, 0.15) is 17.0 Å². The quantitative estimate of drug-likeness (QED) is 0.133. The van der Waals surface area contributed by atoms with E-state index in [9.17, 15) is 5.41 Å². The molecule has 8 aromatic rings. The van der Waals surface area contributed by atoms with Crippen LogP contribution in [0, 0.1) is 5.41 Å². The minimum atomic E-state index is 0. The molecule has 2 aliphatic rings. The molecule has 0 radical (unpaired) electrons. The van der Waals surface area contributed by atoms with Crippen LogP contribution in [0.4, 0.5) is 0 Å². The van der Waals surface area contributed by atoms with Crippen LogP contribution in [0.2, 0.25) is 0 Å². The molecule has 0 amide bonds. The monoisotopic (exact) mass is 709 g/mol. The van der Waals surface area contributed by atoms with Crippen molar-refractivity contribution in [3.63, 3.8) is 0 Å². The predicted octanol–water partition coefficient (Wildman–Crippen LogP) is 13.3. The minimum absolute atomic E-state index is 0. The molecular weight excluding hydrogens is 671 g/mol. The molecule has 0 spiro atoms. The molecule has 4 nitrogen and oxygen atoms in total. The van der Waals surface area contributed by atoms with E-state index in [-0.39, 0.29) is 13.3 Å². The summed E-state index contributed by atoms with van der Waals surface area (Å²) < 4.78 is 6.62. The lowest BCUT2D eigenvalue weighted by molar-refractivity contribution is 0.669. The highest BCUT2D eigenvalue weighted by atomic mass is 16.3. The highest BCUT2D eigenvalue weighted by Crippen LogP contribution is 2.49. The Morgan fingerprint density at radius 1 is 0.600 bits per heavy atom. The van der Waals surface area contributed by atoms with Crippen LogP contribution in [-0.4, -0.2) is 11.7 Å². The number of fused-ring (bicyclic) bond motifs is 6. The fraction of sp³-hybridized carbons (Fsp3) is 0.0588. The molecule has 0 unspecified atom stereocenters. The van der Waals surface area contributed by atoms with Crippen LogP contribution in [0.3, 0.4) is 0 Å². The van der Waals surface area contributed by atoms with Crippen LogP contribution in [0.15, 0.2) is 191 Å². The summed E-state index contributed by atoms with van der Waals surface area (Å²) in [6, 6.07) is 51.0. The molecule has 2 aliphatic carbocycles. The van der Waals surface area contributed by atoms with Crippen molar-refractivity contribution in [1.29, 1.82) is 5.41 Å². The Bertz CT molecular complexity index is 2890. The number of aliphatic imine (C=N–C) groups is 1. The number of hydrogen-bond acceptors (Lipinski definition) is 2. The standard InChI is InChI=1S/C50H35N3O.CH4/c51-49(53-50(33-16-6-1-2-7-17-33)52-31-32-14-4-3-5-15-32)43-21-11-10-20-38(43)41-24-13-25-45-48(41)44-27-26-34(30-46(44)54-45)35-28-29-42-37-19-9-8-18-36(37)40-23-12-22-39(35)47(40)42;/h1,3-30H,2,31H2,(H2,51,52,53);1H4. The van der Waals surface area contributed by atoms with Crippen LogP contribution in [-0.2, 0) is 6.54 Å². The number of nitrogens with one attached hydrogen (secondary N) is 2. The van der Waals surface area contributed by atoms with E-state index in [1.165, 1.54) is 38.6 Å². The molecule has 264 valence electrons. The van der Waals surface area contributed by atoms with E-state index in [0.717, 1.165) is 61.7 Å². The number of rotatable bonds is 6. The maximum atomic E-state index is 9.39. The highest BCUT2D eigenvalue weighted by Gasteiger charge is 2.23. The van der Waals surface area contributed by atoms with E-state index in [4.69, 9.17) is 9.41 Å². The highest BCUT2D eigenvalue weighted by molar-refractivity contribution is 6.20. The second-order valence-electron chi connectivity index (χ2n) is 13.8. The van der Waals surface area contributed by atoms with Gasteiger partial charge in [-0.05, 0) is 85.5 Å². The maximum Gasteiger partial charge on any atom is 0.154 e. The molecule has 0 aliphatic heterocycles. The number of allylic oxidation sites excluding steroid dienone is 4. The molecule has 10 rings (SSSR count). The van der Waals surface area contributed by atoms with Gasteiger partial charge in [-0.25, -0.2) is 4.99 Å². The van der Waals surface area contributed by atoms with E-state index < -0.39 is 0 Å². The molecule has 0 fully saturated rings. The summed E-state index contributed by atoms with van der Waals surface area (Å²) in [6.45, 7) is 0.598. The van der Waals surface area contributed by atoms with Gasteiger partial charge in [-0.15, -0.1) is 0 Å². The van der Waals surface area contributed by atoms with Crippen molar-refractivity contribution in [3.05, 3.63) is 193 Å². The summed E-state index contributed by atoms with van der Waals surface area (Å²) in [5, 5.41) is 17.5. The minimum Gasteiger partial charge on any atom is -0.456 e. The lowest BCUT2D eigenvalue weighted by Gasteiger charge is -2.14. The van der Waals surface area contributed by atoms with Gasteiger partial charge in [-0.1, -0.05) is 165 Å². The predicted molar refractivity (Wildman–Crippen MR) is 232 cm³/mol. The van der Waals surface area contributed by atoms with Gasteiger partial charge in [0.05, 0.1) is 0 Å². The van der Waals surface area contributed by atoms with Gasteiger partial charge >= 0.3 is 0 Å². The summed E-state index contributed by atoms with van der Waals surface area (Å²) in [4.78, 5) is 4.96. The van der Waals surface area contributed by atoms with Crippen LogP contribution in [0.25, 0.3) is 77.2 Å². The Morgan fingerprint density at radius 2 is 1.29 bits per heavy atom. The van der Waals surface area contributed by atoms with E-state index in [2.05, 4.69) is 127 Å². The zero-order valence-corrected chi connectivity index (χ0v) is 29.5. The Balaban J connectivity index is 0.00000397. The summed E-state index contributed by atoms with van der Waals surface area (Å²) in [5.74, 6) is 0.845.